The summed E-state index contributed by atoms with van der Waals surface area (Å²) in [6.07, 6.45) is -3.48. The monoisotopic (exact) mass is 353 g/mol. The minimum atomic E-state index is -4.16. The van der Waals surface area contributed by atoms with Crippen molar-refractivity contribution >= 4 is 18.4 Å². The van der Waals surface area contributed by atoms with Crippen molar-refractivity contribution in [1.82, 2.24) is 4.90 Å². The molecule has 1 heterocycles. The van der Waals surface area contributed by atoms with Gasteiger partial charge in [0.25, 0.3) is 0 Å². The minimum Gasteiger partial charge on any atom is -0.491 e. The van der Waals surface area contributed by atoms with Gasteiger partial charge in [0.2, 0.25) is 0 Å². The molecule has 0 bridgehead atoms. The van der Waals surface area contributed by atoms with E-state index in [4.69, 9.17) is 9.84 Å². The molecule has 4 nitrogen and oxygen atoms in total. The van der Waals surface area contributed by atoms with Gasteiger partial charge in [0.05, 0.1) is 5.92 Å². The lowest BCUT2D eigenvalue weighted by Crippen LogP contribution is -2.43. The van der Waals surface area contributed by atoms with Crippen LogP contribution in [0.3, 0.4) is 0 Å². The molecule has 2 rings (SSSR count). The number of piperidine rings is 1. The molecule has 1 aliphatic heterocycles. The van der Waals surface area contributed by atoms with Gasteiger partial charge in [-0.1, -0.05) is 12.1 Å². The first kappa shape index (κ1) is 19.6. The highest BCUT2D eigenvalue weighted by Gasteiger charge is 2.41. The van der Waals surface area contributed by atoms with Crippen molar-refractivity contribution in [2.24, 2.45) is 5.92 Å². The van der Waals surface area contributed by atoms with Crippen LogP contribution in [0.15, 0.2) is 24.3 Å². The number of carboxylic acid groups (broad SMARTS) is 1. The Balaban J connectivity index is 0.00000264. The molecule has 1 atom stereocenters. The molecule has 0 amide bonds. The summed E-state index contributed by atoms with van der Waals surface area (Å²) in [6.45, 7) is 1.10. The molecule has 1 unspecified atom stereocenters. The molecule has 8 heteroatoms. The minimum absolute atomic E-state index is 0. The van der Waals surface area contributed by atoms with Crippen molar-refractivity contribution in [3.63, 3.8) is 0 Å². The molecule has 0 aliphatic carbocycles. The summed E-state index contributed by atoms with van der Waals surface area (Å²) in [7, 11) is 0. The van der Waals surface area contributed by atoms with Crippen molar-refractivity contribution < 1.29 is 27.8 Å². The molecular weight excluding hydrogens is 335 g/mol. The summed E-state index contributed by atoms with van der Waals surface area (Å²) < 4.78 is 43.6. The third-order valence-corrected chi connectivity index (χ3v) is 3.75. The zero-order chi connectivity index (χ0) is 16.2. The molecule has 0 spiro atoms. The smallest absolute Gasteiger partial charge is 0.393 e. The lowest BCUT2D eigenvalue weighted by atomic mass is 9.98. The van der Waals surface area contributed by atoms with E-state index in [9.17, 15) is 18.0 Å². The number of alkyl halides is 3. The number of hydrogen-bond acceptors (Lipinski definition) is 3. The van der Waals surface area contributed by atoms with Crippen molar-refractivity contribution in [1.29, 1.82) is 0 Å². The van der Waals surface area contributed by atoms with Crippen molar-refractivity contribution in [3.05, 3.63) is 29.8 Å². The van der Waals surface area contributed by atoms with Crippen LogP contribution in [0.1, 0.15) is 23.2 Å². The number of carbonyl (C=O) groups is 1. The van der Waals surface area contributed by atoms with Gasteiger partial charge < -0.3 is 9.84 Å². The molecule has 1 aliphatic rings. The van der Waals surface area contributed by atoms with Crippen LogP contribution in [-0.2, 0) is 0 Å². The van der Waals surface area contributed by atoms with Gasteiger partial charge in [-0.15, -0.1) is 12.4 Å². The molecule has 1 fully saturated rings. The maximum atomic E-state index is 12.7. The van der Waals surface area contributed by atoms with Gasteiger partial charge >= 0.3 is 12.1 Å². The summed E-state index contributed by atoms with van der Waals surface area (Å²) in [5, 5.41) is 9.02. The highest BCUT2D eigenvalue weighted by molar-refractivity contribution is 5.90. The Morgan fingerprint density at radius 2 is 2.04 bits per heavy atom. The van der Waals surface area contributed by atoms with Gasteiger partial charge in [0, 0.05) is 13.1 Å². The number of nitrogens with zero attached hydrogens (tertiary/aromatic N) is 1. The summed E-state index contributed by atoms with van der Waals surface area (Å²) in [4.78, 5) is 12.7. The number of para-hydroxylation sites is 1. The zero-order valence-electron chi connectivity index (χ0n) is 12.4. The third kappa shape index (κ3) is 5.58. The number of rotatable bonds is 5. The number of hydrogen-bond donors (Lipinski definition) is 1. The van der Waals surface area contributed by atoms with Gasteiger partial charge in [-0.3, -0.25) is 4.90 Å². The number of benzene rings is 1. The summed E-state index contributed by atoms with van der Waals surface area (Å²) >= 11 is 0. The maximum Gasteiger partial charge on any atom is 0.393 e. The Morgan fingerprint density at radius 1 is 1.35 bits per heavy atom. The van der Waals surface area contributed by atoms with Crippen LogP contribution >= 0.6 is 12.4 Å². The molecule has 0 aromatic heterocycles. The third-order valence-electron chi connectivity index (χ3n) is 3.75. The Labute approximate surface area is 138 Å². The van der Waals surface area contributed by atoms with E-state index in [1.54, 1.807) is 17.0 Å². The van der Waals surface area contributed by atoms with Crippen LogP contribution < -0.4 is 4.74 Å². The summed E-state index contributed by atoms with van der Waals surface area (Å²) in [6, 6.07) is 6.22. The second-order valence-electron chi connectivity index (χ2n) is 5.33. The van der Waals surface area contributed by atoms with Crippen molar-refractivity contribution in [2.75, 3.05) is 26.2 Å². The van der Waals surface area contributed by atoms with Gasteiger partial charge in [-0.2, -0.15) is 13.2 Å². The Morgan fingerprint density at radius 3 is 2.70 bits per heavy atom. The molecular formula is C15H19ClF3NO3. The fourth-order valence-electron chi connectivity index (χ4n) is 2.58. The predicted octanol–water partition coefficient (Wildman–Crippen LogP) is 3.46. The van der Waals surface area contributed by atoms with Crippen molar-refractivity contribution in [3.8, 4) is 5.75 Å². The Kier molecular flexibility index (Phi) is 7.15. The van der Waals surface area contributed by atoms with Crippen LogP contribution in [0.5, 0.6) is 5.75 Å². The van der Waals surface area contributed by atoms with Crippen LogP contribution in [0, 0.1) is 5.92 Å². The number of ether oxygens (including phenoxy) is 1. The Bertz CT molecular complexity index is 525. The lowest BCUT2D eigenvalue weighted by Gasteiger charge is -2.33. The van der Waals surface area contributed by atoms with E-state index in [-0.39, 0.29) is 43.3 Å². The van der Waals surface area contributed by atoms with Crippen LogP contribution in [-0.4, -0.2) is 48.4 Å². The van der Waals surface area contributed by atoms with Crippen LogP contribution in [0.4, 0.5) is 13.2 Å². The normalized spacial score (nSPS) is 19.0. The fraction of sp³-hybridized carbons (Fsp3) is 0.533. The largest absolute Gasteiger partial charge is 0.491 e. The van der Waals surface area contributed by atoms with Gasteiger partial charge in [0.15, 0.2) is 0 Å². The highest BCUT2D eigenvalue weighted by Crippen LogP contribution is 2.32. The average Bonchev–Trinajstić information content (AvgIpc) is 2.47. The van der Waals surface area contributed by atoms with Crippen molar-refractivity contribution in [2.45, 2.75) is 19.0 Å². The summed E-state index contributed by atoms with van der Waals surface area (Å²) in [5.41, 5.74) is 0.0503. The van der Waals surface area contributed by atoms with Gasteiger partial charge in [-0.25, -0.2) is 4.79 Å². The first-order chi connectivity index (χ1) is 10.4. The van der Waals surface area contributed by atoms with E-state index in [0.717, 1.165) is 0 Å². The van der Waals surface area contributed by atoms with E-state index in [2.05, 4.69) is 0 Å². The topological polar surface area (TPSA) is 49.8 Å². The quantitative estimate of drug-likeness (QED) is 0.880. The second kappa shape index (κ2) is 8.40. The Hall–Kier alpha value is -1.47. The first-order valence-corrected chi connectivity index (χ1v) is 7.12. The molecule has 1 aromatic rings. The SMILES string of the molecule is Cl.O=C(O)c1ccccc1OCCN1CCCC(C(F)(F)F)C1. The number of carboxylic acids is 1. The zero-order valence-corrected chi connectivity index (χ0v) is 13.2. The molecule has 130 valence electrons. The van der Waals surface area contributed by atoms with E-state index >= 15 is 0 Å². The predicted molar refractivity (Wildman–Crippen MR) is 81.4 cm³/mol. The van der Waals surface area contributed by atoms with Crippen LogP contribution in [0.25, 0.3) is 0 Å². The van der Waals surface area contributed by atoms with E-state index in [0.29, 0.717) is 19.5 Å². The molecule has 1 N–H and O–H groups in total. The number of likely N-dealkylation sites (tertiary alicyclic amines) is 1. The molecule has 0 radical (unpaired) electrons. The molecule has 1 saturated heterocycles. The molecule has 0 saturated carbocycles. The average molecular weight is 354 g/mol. The van der Waals surface area contributed by atoms with E-state index in [1.807, 2.05) is 0 Å². The van der Waals surface area contributed by atoms with Crippen LogP contribution in [0.2, 0.25) is 0 Å². The summed E-state index contributed by atoms with van der Waals surface area (Å²) in [5.74, 6) is -2.14. The fourth-order valence-corrected chi connectivity index (χ4v) is 2.58. The molecule has 23 heavy (non-hydrogen) atoms. The second-order valence-corrected chi connectivity index (χ2v) is 5.33. The maximum absolute atomic E-state index is 12.7. The van der Waals surface area contributed by atoms with Gasteiger partial charge in [-0.05, 0) is 31.5 Å². The number of aromatic carboxylic acids is 1. The van der Waals surface area contributed by atoms with E-state index in [1.165, 1.54) is 12.1 Å². The lowest BCUT2D eigenvalue weighted by molar-refractivity contribution is -0.186. The standard InChI is InChI=1S/C15H18F3NO3.ClH/c16-15(17,18)11-4-3-7-19(10-11)8-9-22-13-6-2-1-5-12(13)14(20)21;/h1-2,5-6,11H,3-4,7-10H2,(H,20,21);1H. The van der Waals surface area contributed by atoms with Gasteiger partial charge in [0.1, 0.15) is 17.9 Å². The number of halogens is 4. The molecule has 1 aromatic carbocycles. The first-order valence-electron chi connectivity index (χ1n) is 7.12. The van der Waals surface area contributed by atoms with E-state index < -0.39 is 18.1 Å². The highest BCUT2D eigenvalue weighted by atomic mass is 35.5.